The van der Waals surface area contributed by atoms with E-state index in [4.69, 9.17) is 4.74 Å². The minimum Gasteiger partial charge on any atom is -0.506 e. The summed E-state index contributed by atoms with van der Waals surface area (Å²) in [5.41, 5.74) is 0.838. The predicted octanol–water partition coefficient (Wildman–Crippen LogP) is 2.45. The molecule has 1 aliphatic rings. The second kappa shape index (κ2) is 9.25. The lowest BCUT2D eigenvalue weighted by Gasteiger charge is -2.37. The van der Waals surface area contributed by atoms with Crippen molar-refractivity contribution in [3.63, 3.8) is 0 Å². The first-order chi connectivity index (χ1) is 13.6. The van der Waals surface area contributed by atoms with Gasteiger partial charge in [0.15, 0.2) is 17.6 Å². The van der Waals surface area contributed by atoms with E-state index < -0.39 is 11.6 Å². The number of phenolic OH excluding ortho intramolecular Hbond substituents is 1. The highest BCUT2D eigenvalue weighted by Crippen LogP contribution is 2.27. The molecule has 1 saturated heterocycles. The third-order valence-electron chi connectivity index (χ3n) is 4.56. The fourth-order valence-corrected chi connectivity index (χ4v) is 3.12. The molecule has 0 bridgehead atoms. The van der Waals surface area contributed by atoms with Crippen molar-refractivity contribution in [2.24, 2.45) is 4.99 Å². The molecule has 28 heavy (non-hydrogen) atoms. The molecule has 0 spiro atoms. The first kappa shape index (κ1) is 19.7. The molecule has 0 atom stereocenters. The van der Waals surface area contributed by atoms with E-state index in [2.05, 4.69) is 20.1 Å². The standard InChI is InChI=1S/C20H24F2N4O2/c1-23-20(24-8-13-28-15-6-7-16(21)17(22)14-15)26-11-9-25(10-12-26)18-4-2-3-5-19(18)27/h2-7,14,27H,8-13H2,1H3,(H,23,24). The number of piperazine rings is 1. The van der Waals surface area contributed by atoms with Gasteiger partial charge < -0.3 is 25.0 Å². The molecule has 1 fully saturated rings. The van der Waals surface area contributed by atoms with Gasteiger partial charge in [-0.15, -0.1) is 0 Å². The molecule has 0 aliphatic carbocycles. The van der Waals surface area contributed by atoms with E-state index in [-0.39, 0.29) is 11.5 Å². The highest BCUT2D eigenvalue weighted by Gasteiger charge is 2.21. The van der Waals surface area contributed by atoms with Crippen LogP contribution in [-0.4, -0.2) is 62.3 Å². The number of benzene rings is 2. The van der Waals surface area contributed by atoms with Gasteiger partial charge in [-0.2, -0.15) is 0 Å². The molecule has 2 aromatic carbocycles. The number of nitrogens with zero attached hydrogens (tertiary/aromatic N) is 3. The molecule has 1 heterocycles. The molecular weight excluding hydrogens is 366 g/mol. The average molecular weight is 390 g/mol. The number of ether oxygens (including phenoxy) is 1. The Hall–Kier alpha value is -3.03. The monoisotopic (exact) mass is 390 g/mol. The van der Waals surface area contributed by atoms with Gasteiger partial charge in [-0.1, -0.05) is 12.1 Å². The lowest BCUT2D eigenvalue weighted by atomic mass is 10.2. The zero-order valence-electron chi connectivity index (χ0n) is 15.7. The number of hydrogen-bond acceptors (Lipinski definition) is 4. The number of hydrogen-bond donors (Lipinski definition) is 2. The molecule has 0 radical (unpaired) electrons. The van der Waals surface area contributed by atoms with Gasteiger partial charge in [0.25, 0.3) is 0 Å². The van der Waals surface area contributed by atoms with Gasteiger partial charge in [0.2, 0.25) is 0 Å². The SMILES string of the molecule is CN=C(NCCOc1ccc(F)c(F)c1)N1CCN(c2ccccc2O)CC1. The summed E-state index contributed by atoms with van der Waals surface area (Å²) in [6.45, 7) is 3.83. The van der Waals surface area contributed by atoms with E-state index in [0.717, 1.165) is 50.0 Å². The van der Waals surface area contributed by atoms with Gasteiger partial charge in [0.1, 0.15) is 18.1 Å². The van der Waals surface area contributed by atoms with E-state index in [0.29, 0.717) is 13.2 Å². The highest BCUT2D eigenvalue weighted by atomic mass is 19.2. The van der Waals surface area contributed by atoms with Gasteiger partial charge in [0, 0.05) is 39.3 Å². The Labute approximate surface area is 163 Å². The average Bonchev–Trinajstić information content (AvgIpc) is 2.71. The van der Waals surface area contributed by atoms with Crippen molar-refractivity contribution in [2.75, 3.05) is 51.3 Å². The summed E-state index contributed by atoms with van der Waals surface area (Å²) in [5.74, 6) is -0.497. The van der Waals surface area contributed by atoms with Crippen LogP contribution in [0.1, 0.15) is 0 Å². The van der Waals surface area contributed by atoms with Crippen LogP contribution in [0.4, 0.5) is 14.5 Å². The molecule has 0 saturated carbocycles. The van der Waals surface area contributed by atoms with E-state index in [1.54, 1.807) is 13.1 Å². The van der Waals surface area contributed by atoms with E-state index in [1.165, 1.54) is 6.07 Å². The van der Waals surface area contributed by atoms with Crippen LogP contribution in [0.25, 0.3) is 0 Å². The van der Waals surface area contributed by atoms with Crippen molar-refractivity contribution in [1.29, 1.82) is 0 Å². The number of anilines is 1. The summed E-state index contributed by atoms with van der Waals surface area (Å²) in [7, 11) is 1.72. The summed E-state index contributed by atoms with van der Waals surface area (Å²) < 4.78 is 31.5. The minimum absolute atomic E-state index is 0.284. The summed E-state index contributed by atoms with van der Waals surface area (Å²) in [6.07, 6.45) is 0. The number of phenols is 1. The Bertz CT molecular complexity index is 824. The molecule has 0 unspecified atom stereocenters. The Kier molecular flexibility index (Phi) is 6.52. The topological polar surface area (TPSA) is 60.3 Å². The van der Waals surface area contributed by atoms with Crippen LogP contribution < -0.4 is 15.0 Å². The van der Waals surface area contributed by atoms with Crippen LogP contribution in [0.2, 0.25) is 0 Å². The van der Waals surface area contributed by atoms with Crippen LogP contribution in [0.15, 0.2) is 47.5 Å². The number of nitrogens with one attached hydrogen (secondary N) is 1. The quantitative estimate of drug-likeness (QED) is 0.467. The first-order valence-electron chi connectivity index (χ1n) is 9.15. The molecule has 0 aromatic heterocycles. The Morgan fingerprint density at radius 1 is 1.11 bits per heavy atom. The Morgan fingerprint density at radius 2 is 1.86 bits per heavy atom. The highest BCUT2D eigenvalue weighted by molar-refractivity contribution is 5.80. The molecule has 1 aliphatic heterocycles. The number of halogens is 2. The number of aliphatic imine (C=N–C) groups is 1. The number of aromatic hydroxyl groups is 1. The summed E-state index contributed by atoms with van der Waals surface area (Å²) in [4.78, 5) is 8.57. The molecule has 6 nitrogen and oxygen atoms in total. The molecule has 8 heteroatoms. The Morgan fingerprint density at radius 3 is 2.54 bits per heavy atom. The van der Waals surface area contributed by atoms with Crippen LogP contribution in [0.3, 0.4) is 0 Å². The Balaban J connectivity index is 1.44. The second-order valence-corrected chi connectivity index (χ2v) is 6.36. The minimum atomic E-state index is -0.927. The van der Waals surface area contributed by atoms with Crippen molar-refractivity contribution in [3.8, 4) is 11.5 Å². The molecular formula is C20H24F2N4O2. The fourth-order valence-electron chi connectivity index (χ4n) is 3.12. The molecule has 150 valence electrons. The third kappa shape index (κ3) is 4.82. The summed E-state index contributed by atoms with van der Waals surface area (Å²) in [6, 6.07) is 10.8. The van der Waals surface area contributed by atoms with E-state index in [1.807, 2.05) is 18.2 Å². The largest absolute Gasteiger partial charge is 0.506 e. The summed E-state index contributed by atoms with van der Waals surface area (Å²) >= 11 is 0. The van der Waals surface area contributed by atoms with Crippen LogP contribution in [0, 0.1) is 11.6 Å². The lowest BCUT2D eigenvalue weighted by Crippen LogP contribution is -2.53. The first-order valence-corrected chi connectivity index (χ1v) is 9.15. The zero-order chi connectivity index (χ0) is 19.9. The maximum absolute atomic E-state index is 13.2. The van der Waals surface area contributed by atoms with Crippen molar-refractivity contribution < 1.29 is 18.6 Å². The van der Waals surface area contributed by atoms with Gasteiger partial charge in [-0.05, 0) is 24.3 Å². The predicted molar refractivity (Wildman–Crippen MR) is 105 cm³/mol. The molecule has 0 amide bonds. The van der Waals surface area contributed by atoms with E-state index in [9.17, 15) is 13.9 Å². The van der Waals surface area contributed by atoms with Gasteiger partial charge in [-0.25, -0.2) is 8.78 Å². The third-order valence-corrected chi connectivity index (χ3v) is 4.56. The number of guanidine groups is 1. The summed E-state index contributed by atoms with van der Waals surface area (Å²) in [5, 5.41) is 13.2. The van der Waals surface area contributed by atoms with Crippen LogP contribution in [0.5, 0.6) is 11.5 Å². The zero-order valence-corrected chi connectivity index (χ0v) is 15.7. The van der Waals surface area contributed by atoms with Gasteiger partial charge >= 0.3 is 0 Å². The smallest absolute Gasteiger partial charge is 0.193 e. The normalized spacial score (nSPS) is 14.9. The molecule has 2 N–H and O–H groups in total. The van der Waals surface area contributed by atoms with Crippen molar-refractivity contribution in [2.45, 2.75) is 0 Å². The van der Waals surface area contributed by atoms with Crippen molar-refractivity contribution in [3.05, 3.63) is 54.1 Å². The molecule has 3 rings (SSSR count). The number of rotatable bonds is 5. The van der Waals surface area contributed by atoms with Crippen molar-refractivity contribution >= 4 is 11.6 Å². The van der Waals surface area contributed by atoms with Gasteiger partial charge in [-0.3, -0.25) is 4.99 Å². The van der Waals surface area contributed by atoms with Gasteiger partial charge in [0.05, 0.1) is 12.2 Å². The van der Waals surface area contributed by atoms with E-state index >= 15 is 0 Å². The number of para-hydroxylation sites is 2. The van der Waals surface area contributed by atoms with Crippen molar-refractivity contribution in [1.82, 2.24) is 10.2 Å². The fraction of sp³-hybridized carbons (Fsp3) is 0.350. The molecule has 2 aromatic rings. The van der Waals surface area contributed by atoms with Crippen LogP contribution in [-0.2, 0) is 0 Å². The van der Waals surface area contributed by atoms with Crippen LogP contribution >= 0.6 is 0 Å². The maximum atomic E-state index is 13.2. The lowest BCUT2D eigenvalue weighted by molar-refractivity contribution is 0.312. The maximum Gasteiger partial charge on any atom is 0.193 e. The second-order valence-electron chi connectivity index (χ2n) is 6.36.